The largest absolute Gasteiger partial charge is 0.367 e. The van der Waals surface area contributed by atoms with Crippen molar-refractivity contribution in [3.8, 4) is 0 Å². The topological polar surface area (TPSA) is 69.7 Å². The molecule has 0 aromatic heterocycles. The van der Waals surface area contributed by atoms with Gasteiger partial charge in [0.2, 0.25) is 0 Å². The molecule has 4 heteroatoms. The fourth-order valence-corrected chi connectivity index (χ4v) is 0.924. The lowest BCUT2D eigenvalue weighted by molar-refractivity contribution is -0.0605. The summed E-state index contributed by atoms with van der Waals surface area (Å²) in [6, 6.07) is 0. The molecule has 0 aromatic carbocycles. The van der Waals surface area contributed by atoms with E-state index in [4.69, 9.17) is 15.9 Å². The zero-order valence-electron chi connectivity index (χ0n) is 7.03. The molecular formula is C7H18N2O2. The molecule has 0 heterocycles. The molecule has 0 unspecified atom stereocenters. The Morgan fingerprint density at radius 3 is 2.45 bits per heavy atom. The lowest BCUT2D eigenvalue weighted by Gasteiger charge is -2.20. The molecule has 0 aliphatic heterocycles. The van der Waals surface area contributed by atoms with Crippen molar-refractivity contribution in [2.24, 2.45) is 5.73 Å². The van der Waals surface area contributed by atoms with Crippen molar-refractivity contribution in [3.63, 3.8) is 0 Å². The minimum atomic E-state index is -1.23. The van der Waals surface area contributed by atoms with Crippen LogP contribution in [0.3, 0.4) is 0 Å². The van der Waals surface area contributed by atoms with Crippen molar-refractivity contribution >= 4 is 0 Å². The van der Waals surface area contributed by atoms with Crippen LogP contribution in [0, 0.1) is 0 Å². The first-order valence-electron chi connectivity index (χ1n) is 3.99. The monoisotopic (exact) mass is 162 g/mol. The van der Waals surface area contributed by atoms with Crippen LogP contribution in [-0.2, 0) is 0 Å². The summed E-state index contributed by atoms with van der Waals surface area (Å²) >= 11 is 0. The number of rotatable bonds is 6. The summed E-state index contributed by atoms with van der Waals surface area (Å²) in [5, 5.41) is 17.3. The molecule has 0 rings (SSSR count). The number of nitrogens with zero attached hydrogens (tertiary/aromatic N) is 1. The van der Waals surface area contributed by atoms with Gasteiger partial charge in [-0.25, -0.2) is 0 Å². The molecule has 0 saturated heterocycles. The van der Waals surface area contributed by atoms with Gasteiger partial charge in [0.1, 0.15) is 0 Å². The average molecular weight is 162 g/mol. The van der Waals surface area contributed by atoms with Gasteiger partial charge < -0.3 is 15.9 Å². The van der Waals surface area contributed by atoms with Gasteiger partial charge in [-0.1, -0.05) is 6.92 Å². The van der Waals surface area contributed by atoms with Crippen LogP contribution in [0.25, 0.3) is 0 Å². The van der Waals surface area contributed by atoms with Gasteiger partial charge in [0.15, 0.2) is 6.29 Å². The normalized spacial score (nSPS) is 11.5. The van der Waals surface area contributed by atoms with Crippen molar-refractivity contribution in [1.82, 2.24) is 4.90 Å². The molecule has 0 aliphatic rings. The lowest BCUT2D eigenvalue weighted by Crippen LogP contribution is -2.33. The smallest absolute Gasteiger partial charge is 0.164 e. The zero-order chi connectivity index (χ0) is 8.69. The van der Waals surface area contributed by atoms with Crippen LogP contribution in [0.15, 0.2) is 0 Å². The quantitative estimate of drug-likeness (QED) is 0.437. The van der Waals surface area contributed by atoms with Crippen molar-refractivity contribution < 1.29 is 10.2 Å². The average Bonchev–Trinajstić information content (AvgIpc) is 1.97. The first-order chi connectivity index (χ1) is 5.20. The Kier molecular flexibility index (Phi) is 6.45. The highest BCUT2D eigenvalue weighted by Crippen LogP contribution is 1.91. The van der Waals surface area contributed by atoms with Crippen LogP contribution in [0.4, 0.5) is 0 Å². The van der Waals surface area contributed by atoms with E-state index in [0.717, 1.165) is 19.5 Å². The SMILES string of the molecule is CCN(CCCN)CC(O)O. The molecule has 0 atom stereocenters. The fraction of sp³-hybridized carbons (Fsp3) is 1.00. The summed E-state index contributed by atoms with van der Waals surface area (Å²) < 4.78 is 0. The van der Waals surface area contributed by atoms with E-state index in [1.54, 1.807) is 0 Å². The van der Waals surface area contributed by atoms with Gasteiger partial charge in [-0.15, -0.1) is 0 Å². The van der Waals surface area contributed by atoms with Crippen LogP contribution < -0.4 is 5.73 Å². The van der Waals surface area contributed by atoms with E-state index in [0.29, 0.717) is 13.1 Å². The van der Waals surface area contributed by atoms with Crippen LogP contribution >= 0.6 is 0 Å². The first kappa shape index (κ1) is 10.8. The second-order valence-electron chi connectivity index (χ2n) is 2.52. The van der Waals surface area contributed by atoms with Gasteiger partial charge in [-0.05, 0) is 26.1 Å². The van der Waals surface area contributed by atoms with Crippen molar-refractivity contribution in [1.29, 1.82) is 0 Å². The number of aliphatic hydroxyl groups is 2. The molecule has 68 valence electrons. The second-order valence-corrected chi connectivity index (χ2v) is 2.52. The van der Waals surface area contributed by atoms with E-state index in [2.05, 4.69) is 0 Å². The molecular weight excluding hydrogens is 144 g/mol. The predicted octanol–water partition coefficient (Wildman–Crippen LogP) is -1.03. The number of hydrogen-bond acceptors (Lipinski definition) is 4. The van der Waals surface area contributed by atoms with Gasteiger partial charge in [0, 0.05) is 6.54 Å². The van der Waals surface area contributed by atoms with Crippen LogP contribution in [0.5, 0.6) is 0 Å². The molecule has 11 heavy (non-hydrogen) atoms. The summed E-state index contributed by atoms with van der Waals surface area (Å²) in [5.41, 5.74) is 5.31. The molecule has 4 N–H and O–H groups in total. The van der Waals surface area contributed by atoms with E-state index < -0.39 is 6.29 Å². The summed E-state index contributed by atoms with van der Waals surface area (Å²) in [7, 11) is 0. The standard InChI is InChI=1S/C7H18N2O2/c1-2-9(5-3-4-8)6-7(10)11/h7,10-11H,2-6,8H2,1H3. The Balaban J connectivity index is 3.41. The molecule has 0 fully saturated rings. The summed E-state index contributed by atoms with van der Waals surface area (Å²) in [6.07, 6.45) is -0.326. The highest BCUT2D eigenvalue weighted by molar-refractivity contribution is 4.56. The number of hydrogen-bond donors (Lipinski definition) is 3. The number of likely N-dealkylation sites (N-methyl/N-ethyl adjacent to an activating group) is 1. The molecule has 0 aromatic rings. The maximum atomic E-state index is 8.64. The Hall–Kier alpha value is -0.160. The maximum Gasteiger partial charge on any atom is 0.164 e. The van der Waals surface area contributed by atoms with Crippen molar-refractivity contribution in [2.45, 2.75) is 19.6 Å². The Labute approximate surface area is 67.6 Å². The van der Waals surface area contributed by atoms with E-state index in [9.17, 15) is 0 Å². The van der Waals surface area contributed by atoms with E-state index in [-0.39, 0.29) is 0 Å². The number of nitrogens with two attached hydrogens (primary N) is 1. The highest BCUT2D eigenvalue weighted by Gasteiger charge is 2.05. The second kappa shape index (κ2) is 6.54. The lowest BCUT2D eigenvalue weighted by atomic mass is 10.3. The summed E-state index contributed by atoms with van der Waals surface area (Å²) in [4.78, 5) is 1.96. The number of aliphatic hydroxyl groups excluding tert-OH is 1. The third-order valence-electron chi connectivity index (χ3n) is 1.55. The minimum Gasteiger partial charge on any atom is -0.367 e. The van der Waals surface area contributed by atoms with Crippen LogP contribution in [0.1, 0.15) is 13.3 Å². The van der Waals surface area contributed by atoms with E-state index in [1.807, 2.05) is 11.8 Å². The van der Waals surface area contributed by atoms with Gasteiger partial charge in [0.25, 0.3) is 0 Å². The molecule has 0 spiro atoms. The fourth-order valence-electron chi connectivity index (χ4n) is 0.924. The zero-order valence-corrected chi connectivity index (χ0v) is 7.03. The molecule has 0 amide bonds. The van der Waals surface area contributed by atoms with Gasteiger partial charge in [0.05, 0.1) is 0 Å². The molecule has 0 radical (unpaired) electrons. The van der Waals surface area contributed by atoms with Gasteiger partial charge in [-0.2, -0.15) is 0 Å². The third-order valence-corrected chi connectivity index (χ3v) is 1.55. The molecule has 0 saturated carbocycles. The molecule has 0 aliphatic carbocycles. The summed E-state index contributed by atoms with van der Waals surface area (Å²) in [5.74, 6) is 0. The third kappa shape index (κ3) is 6.25. The van der Waals surface area contributed by atoms with Crippen LogP contribution in [0.2, 0.25) is 0 Å². The predicted molar refractivity (Wildman–Crippen MR) is 44.0 cm³/mol. The van der Waals surface area contributed by atoms with E-state index in [1.165, 1.54) is 0 Å². The van der Waals surface area contributed by atoms with Gasteiger partial charge >= 0.3 is 0 Å². The Morgan fingerprint density at radius 1 is 1.45 bits per heavy atom. The molecule has 0 bridgehead atoms. The van der Waals surface area contributed by atoms with Crippen LogP contribution in [-0.4, -0.2) is 47.6 Å². The minimum absolute atomic E-state index is 0.316. The maximum absolute atomic E-state index is 8.64. The van der Waals surface area contributed by atoms with E-state index >= 15 is 0 Å². The Bertz CT molecular complexity index is 88.5. The highest BCUT2D eigenvalue weighted by atomic mass is 16.5. The Morgan fingerprint density at radius 2 is 2.09 bits per heavy atom. The molecule has 4 nitrogen and oxygen atoms in total. The summed E-state index contributed by atoms with van der Waals surface area (Å²) in [6.45, 7) is 4.62. The van der Waals surface area contributed by atoms with Crippen molar-refractivity contribution in [3.05, 3.63) is 0 Å². The van der Waals surface area contributed by atoms with Gasteiger partial charge in [-0.3, -0.25) is 4.90 Å². The van der Waals surface area contributed by atoms with Crippen molar-refractivity contribution in [2.75, 3.05) is 26.2 Å². The first-order valence-corrected chi connectivity index (χ1v) is 3.99.